The fraction of sp³-hybridized carbons (Fsp3) is 0.556. The van der Waals surface area contributed by atoms with Crippen LogP contribution in [0, 0.1) is 6.92 Å². The number of amides is 1. The Kier molecular flexibility index (Phi) is 2.04. The van der Waals surface area contributed by atoms with Crippen molar-refractivity contribution in [1.82, 2.24) is 10.1 Å². The smallest absolute Gasteiger partial charge is 0.276 e. The van der Waals surface area contributed by atoms with Crippen molar-refractivity contribution in [3.63, 3.8) is 0 Å². The monoisotopic (exact) mass is 180 g/mol. The number of aryl methyl sites for hydroxylation is 1. The highest BCUT2D eigenvalue weighted by Gasteiger charge is 2.21. The second kappa shape index (κ2) is 3.20. The maximum atomic E-state index is 11.7. The second-order valence-electron chi connectivity index (χ2n) is 3.32. The first-order valence-electron chi connectivity index (χ1n) is 4.50. The van der Waals surface area contributed by atoms with Crippen molar-refractivity contribution in [3.05, 3.63) is 17.5 Å². The standard InChI is InChI=1S/C9H12N2O2/c1-7-6-8(10-13-7)9(12)11-4-2-3-5-11/h6H,2-5H2,1H3. The second-order valence-corrected chi connectivity index (χ2v) is 3.32. The molecule has 0 bridgehead atoms. The van der Waals surface area contributed by atoms with E-state index in [0.717, 1.165) is 25.9 Å². The molecule has 1 aromatic heterocycles. The van der Waals surface area contributed by atoms with Crippen LogP contribution in [0.4, 0.5) is 0 Å². The predicted molar refractivity (Wildman–Crippen MR) is 46.4 cm³/mol. The van der Waals surface area contributed by atoms with Crippen LogP contribution in [-0.4, -0.2) is 29.1 Å². The van der Waals surface area contributed by atoms with Gasteiger partial charge in [-0.25, -0.2) is 0 Å². The first kappa shape index (κ1) is 8.29. The molecule has 0 atom stereocenters. The van der Waals surface area contributed by atoms with Crippen molar-refractivity contribution < 1.29 is 9.32 Å². The van der Waals surface area contributed by atoms with E-state index < -0.39 is 0 Å². The maximum Gasteiger partial charge on any atom is 0.276 e. The highest BCUT2D eigenvalue weighted by molar-refractivity contribution is 5.92. The van der Waals surface area contributed by atoms with Crippen molar-refractivity contribution in [2.45, 2.75) is 19.8 Å². The molecule has 1 fully saturated rings. The van der Waals surface area contributed by atoms with Gasteiger partial charge in [0.15, 0.2) is 5.69 Å². The molecule has 4 heteroatoms. The summed E-state index contributed by atoms with van der Waals surface area (Å²) >= 11 is 0. The van der Waals surface area contributed by atoms with E-state index in [0.29, 0.717) is 11.5 Å². The summed E-state index contributed by atoms with van der Waals surface area (Å²) in [5.41, 5.74) is 0.430. The summed E-state index contributed by atoms with van der Waals surface area (Å²) in [6.07, 6.45) is 2.20. The van der Waals surface area contributed by atoms with Gasteiger partial charge in [0.2, 0.25) is 0 Å². The Morgan fingerprint density at radius 2 is 2.23 bits per heavy atom. The average molecular weight is 180 g/mol. The lowest BCUT2D eigenvalue weighted by Crippen LogP contribution is -2.27. The van der Waals surface area contributed by atoms with Crippen LogP contribution >= 0.6 is 0 Å². The summed E-state index contributed by atoms with van der Waals surface area (Å²) in [4.78, 5) is 13.5. The molecule has 0 radical (unpaired) electrons. The highest BCUT2D eigenvalue weighted by Crippen LogP contribution is 2.12. The lowest BCUT2D eigenvalue weighted by Gasteiger charge is -2.12. The first-order valence-corrected chi connectivity index (χ1v) is 4.50. The van der Waals surface area contributed by atoms with Gasteiger partial charge in [-0.05, 0) is 19.8 Å². The Bertz CT molecular complexity index is 313. The minimum atomic E-state index is -0.00523. The molecule has 70 valence electrons. The van der Waals surface area contributed by atoms with Crippen LogP contribution in [0.3, 0.4) is 0 Å². The van der Waals surface area contributed by atoms with Gasteiger partial charge in [-0.15, -0.1) is 0 Å². The van der Waals surface area contributed by atoms with Gasteiger partial charge in [0, 0.05) is 19.2 Å². The van der Waals surface area contributed by atoms with Crippen LogP contribution in [0.2, 0.25) is 0 Å². The third-order valence-electron chi connectivity index (χ3n) is 2.24. The SMILES string of the molecule is Cc1cc(C(=O)N2CCCC2)no1. The van der Waals surface area contributed by atoms with E-state index in [9.17, 15) is 4.79 Å². The number of nitrogens with zero attached hydrogens (tertiary/aromatic N) is 2. The largest absolute Gasteiger partial charge is 0.361 e. The van der Waals surface area contributed by atoms with Crippen molar-refractivity contribution in [2.75, 3.05) is 13.1 Å². The van der Waals surface area contributed by atoms with Crippen LogP contribution in [0.25, 0.3) is 0 Å². The zero-order chi connectivity index (χ0) is 9.26. The van der Waals surface area contributed by atoms with E-state index in [4.69, 9.17) is 4.52 Å². The lowest BCUT2D eigenvalue weighted by atomic mass is 10.3. The molecular weight excluding hydrogens is 168 g/mol. The predicted octanol–water partition coefficient (Wildman–Crippen LogP) is 1.22. The molecule has 13 heavy (non-hydrogen) atoms. The molecule has 0 aliphatic carbocycles. The molecule has 0 unspecified atom stereocenters. The van der Waals surface area contributed by atoms with Gasteiger partial charge >= 0.3 is 0 Å². The number of hydrogen-bond acceptors (Lipinski definition) is 3. The maximum absolute atomic E-state index is 11.7. The molecular formula is C9H12N2O2. The Morgan fingerprint density at radius 3 is 2.77 bits per heavy atom. The Balaban J connectivity index is 2.12. The quantitative estimate of drug-likeness (QED) is 0.652. The lowest BCUT2D eigenvalue weighted by molar-refractivity contribution is 0.0782. The fourth-order valence-corrected chi connectivity index (χ4v) is 1.55. The number of likely N-dealkylation sites (tertiary alicyclic amines) is 1. The van der Waals surface area contributed by atoms with Crippen LogP contribution in [0.15, 0.2) is 10.6 Å². The summed E-state index contributed by atoms with van der Waals surface area (Å²) in [6.45, 7) is 3.49. The van der Waals surface area contributed by atoms with Gasteiger partial charge in [-0.2, -0.15) is 0 Å². The topological polar surface area (TPSA) is 46.3 Å². The molecule has 0 saturated carbocycles. The molecule has 1 aromatic rings. The zero-order valence-electron chi connectivity index (χ0n) is 7.62. The number of aromatic nitrogens is 1. The molecule has 2 rings (SSSR count). The van der Waals surface area contributed by atoms with Crippen molar-refractivity contribution in [1.29, 1.82) is 0 Å². The number of hydrogen-bond donors (Lipinski definition) is 0. The molecule has 1 aliphatic rings. The van der Waals surface area contributed by atoms with Crippen LogP contribution in [0.5, 0.6) is 0 Å². The van der Waals surface area contributed by atoms with E-state index in [1.807, 2.05) is 4.90 Å². The summed E-state index contributed by atoms with van der Waals surface area (Å²) in [5.74, 6) is 0.678. The molecule has 1 aliphatic heterocycles. The van der Waals surface area contributed by atoms with Gasteiger partial charge in [-0.3, -0.25) is 4.79 Å². The summed E-state index contributed by atoms with van der Waals surface area (Å²) < 4.78 is 4.85. The van der Waals surface area contributed by atoms with Crippen molar-refractivity contribution in [3.8, 4) is 0 Å². The van der Waals surface area contributed by atoms with Crippen LogP contribution in [-0.2, 0) is 0 Å². The fourth-order valence-electron chi connectivity index (χ4n) is 1.55. The van der Waals surface area contributed by atoms with Crippen molar-refractivity contribution >= 4 is 5.91 Å². The molecule has 1 amide bonds. The Morgan fingerprint density at radius 1 is 1.54 bits per heavy atom. The molecule has 1 saturated heterocycles. The first-order chi connectivity index (χ1) is 6.27. The third-order valence-corrected chi connectivity index (χ3v) is 2.24. The number of carbonyl (C=O) groups is 1. The van der Waals surface area contributed by atoms with Gasteiger partial charge < -0.3 is 9.42 Å². The van der Waals surface area contributed by atoms with E-state index >= 15 is 0 Å². The van der Waals surface area contributed by atoms with Crippen molar-refractivity contribution in [2.24, 2.45) is 0 Å². The van der Waals surface area contributed by atoms with E-state index in [1.54, 1.807) is 13.0 Å². The van der Waals surface area contributed by atoms with E-state index in [2.05, 4.69) is 5.16 Å². The minimum Gasteiger partial charge on any atom is -0.361 e. The van der Waals surface area contributed by atoms with E-state index in [-0.39, 0.29) is 5.91 Å². The normalized spacial score (nSPS) is 16.5. The molecule has 0 N–H and O–H groups in total. The summed E-state index contributed by atoms with van der Waals surface area (Å²) in [5, 5.41) is 3.69. The highest BCUT2D eigenvalue weighted by atomic mass is 16.5. The minimum absolute atomic E-state index is 0.00523. The van der Waals surface area contributed by atoms with E-state index in [1.165, 1.54) is 0 Å². The number of carbonyl (C=O) groups excluding carboxylic acids is 1. The summed E-state index contributed by atoms with van der Waals surface area (Å²) in [6, 6.07) is 1.68. The summed E-state index contributed by atoms with van der Waals surface area (Å²) in [7, 11) is 0. The van der Waals surface area contributed by atoms with Gasteiger partial charge in [0.05, 0.1) is 0 Å². The molecule has 2 heterocycles. The molecule has 0 spiro atoms. The number of rotatable bonds is 1. The van der Waals surface area contributed by atoms with Gasteiger partial charge in [0.25, 0.3) is 5.91 Å². The molecule has 4 nitrogen and oxygen atoms in total. The average Bonchev–Trinajstić information content (AvgIpc) is 2.72. The third kappa shape index (κ3) is 1.56. The Hall–Kier alpha value is -1.32. The van der Waals surface area contributed by atoms with Gasteiger partial charge in [-0.1, -0.05) is 5.16 Å². The zero-order valence-corrected chi connectivity index (χ0v) is 7.62. The van der Waals surface area contributed by atoms with Gasteiger partial charge in [0.1, 0.15) is 5.76 Å². The van der Waals surface area contributed by atoms with Crippen LogP contribution in [0.1, 0.15) is 29.1 Å². The Labute approximate surface area is 76.5 Å². The van der Waals surface area contributed by atoms with Crippen LogP contribution < -0.4 is 0 Å². The molecule has 0 aromatic carbocycles.